The highest BCUT2D eigenvalue weighted by Crippen LogP contribution is 2.20. The number of nitrogens with zero attached hydrogens (tertiary/aromatic N) is 1. The van der Waals surface area contributed by atoms with Crippen LogP contribution in [-0.2, 0) is 20.9 Å². The van der Waals surface area contributed by atoms with Crippen LogP contribution in [0.5, 0.6) is 0 Å². The highest BCUT2D eigenvalue weighted by atomic mass is 16.5. The van der Waals surface area contributed by atoms with E-state index in [0.29, 0.717) is 17.7 Å². The molecular weight excluding hydrogens is 420 g/mol. The molecule has 186 valence electrons. The van der Waals surface area contributed by atoms with Gasteiger partial charge < -0.3 is 20.1 Å². The lowest BCUT2D eigenvalue weighted by Gasteiger charge is -2.36. The summed E-state index contributed by atoms with van der Waals surface area (Å²) in [6.07, 6.45) is 12.5. The number of carboxylic acids is 1. The van der Waals surface area contributed by atoms with E-state index in [1.54, 1.807) is 38.1 Å². The number of rotatable bonds is 16. The molecule has 0 atom stereocenters. The molecule has 7 heteroatoms. The van der Waals surface area contributed by atoms with Crippen molar-refractivity contribution in [2.24, 2.45) is 0 Å². The Morgan fingerprint density at radius 1 is 0.909 bits per heavy atom. The van der Waals surface area contributed by atoms with Gasteiger partial charge in [-0.2, -0.15) is 0 Å². The Hall–Kier alpha value is -2.41. The maximum atomic E-state index is 12.4. The molecule has 0 aliphatic heterocycles. The van der Waals surface area contributed by atoms with Crippen LogP contribution in [0, 0.1) is 0 Å². The number of methoxy groups -OCH3 is 1. The minimum absolute atomic E-state index is 0.0620. The zero-order valence-electron chi connectivity index (χ0n) is 20.8. The lowest BCUT2D eigenvalue weighted by Crippen LogP contribution is -2.51. The summed E-state index contributed by atoms with van der Waals surface area (Å²) in [6.45, 7) is 6.21. The molecule has 0 bridgehead atoms. The van der Waals surface area contributed by atoms with Crippen LogP contribution in [0.15, 0.2) is 24.3 Å². The summed E-state index contributed by atoms with van der Waals surface area (Å²) in [4.78, 5) is 36.8. The number of carbonyl (C=O) groups is 3. The van der Waals surface area contributed by atoms with E-state index in [2.05, 4.69) is 12.2 Å². The minimum atomic E-state index is -1.54. The lowest BCUT2D eigenvalue weighted by atomic mass is 10.1. The van der Waals surface area contributed by atoms with Gasteiger partial charge in [0.15, 0.2) is 0 Å². The Morgan fingerprint density at radius 3 is 1.91 bits per heavy atom. The third-order valence-corrected chi connectivity index (χ3v) is 5.95. The molecule has 33 heavy (non-hydrogen) atoms. The molecule has 1 aromatic carbocycles. The van der Waals surface area contributed by atoms with E-state index in [1.165, 1.54) is 58.5 Å². The van der Waals surface area contributed by atoms with Gasteiger partial charge in [-0.3, -0.25) is 9.59 Å². The molecule has 2 N–H and O–H groups in total. The summed E-state index contributed by atoms with van der Waals surface area (Å²) >= 11 is 0. The average Bonchev–Trinajstić information content (AvgIpc) is 2.80. The van der Waals surface area contributed by atoms with Crippen molar-refractivity contribution in [3.8, 4) is 0 Å². The van der Waals surface area contributed by atoms with Crippen molar-refractivity contribution in [2.75, 3.05) is 13.7 Å². The van der Waals surface area contributed by atoms with Crippen LogP contribution in [0.1, 0.15) is 101 Å². The van der Waals surface area contributed by atoms with E-state index in [-0.39, 0.29) is 12.5 Å². The highest BCUT2D eigenvalue weighted by Gasteiger charge is 2.34. The Balaban J connectivity index is 2.39. The van der Waals surface area contributed by atoms with Gasteiger partial charge in [0.05, 0.1) is 0 Å². The first-order valence-corrected chi connectivity index (χ1v) is 12.2. The predicted octanol–water partition coefficient (Wildman–Crippen LogP) is 5.13. The van der Waals surface area contributed by atoms with Gasteiger partial charge in [-0.15, -0.1) is 0 Å². The molecule has 0 aliphatic rings. The second kappa shape index (κ2) is 15.4. The molecule has 2 amide bonds. The van der Waals surface area contributed by atoms with Crippen molar-refractivity contribution in [1.82, 2.24) is 10.2 Å². The number of hydrogen-bond donors (Lipinski definition) is 2. The van der Waals surface area contributed by atoms with Crippen molar-refractivity contribution < 1.29 is 24.2 Å². The van der Waals surface area contributed by atoms with Crippen LogP contribution < -0.4 is 5.32 Å². The fraction of sp³-hybridized carbons (Fsp3) is 0.654. The molecule has 0 heterocycles. The number of aliphatic carboxylic acids is 1. The summed E-state index contributed by atoms with van der Waals surface area (Å²) < 4.78 is 5.29. The van der Waals surface area contributed by atoms with Gasteiger partial charge >= 0.3 is 11.9 Å². The maximum absolute atomic E-state index is 12.4. The molecular formula is C26H42N2O5. The fourth-order valence-corrected chi connectivity index (χ4v) is 3.59. The minimum Gasteiger partial charge on any atom is -0.474 e. The summed E-state index contributed by atoms with van der Waals surface area (Å²) in [7, 11) is 1.42. The van der Waals surface area contributed by atoms with Gasteiger partial charge in [0, 0.05) is 25.8 Å². The Bertz CT molecular complexity index is 731. The summed E-state index contributed by atoms with van der Waals surface area (Å²) in [5, 5.41) is 12.1. The van der Waals surface area contributed by atoms with E-state index in [9.17, 15) is 14.4 Å². The number of ether oxygens (including phenoxy) is 1. The van der Waals surface area contributed by atoms with E-state index in [0.717, 1.165) is 17.7 Å². The normalized spacial score (nSPS) is 11.3. The standard InChI is InChI=1S/C26H42N2O5/c1-5-6-7-8-9-10-11-12-13-14-19-27-23(29)22-17-15-21(16-18-22)20-28(24(30)25(31)32)26(2,3)33-4/h15-18H,5-14,19-20H2,1-4H3,(H,27,29)(H,31,32). The zero-order chi connectivity index (χ0) is 24.7. The Morgan fingerprint density at radius 2 is 1.42 bits per heavy atom. The van der Waals surface area contributed by atoms with Crippen LogP contribution >= 0.6 is 0 Å². The smallest absolute Gasteiger partial charge is 0.394 e. The van der Waals surface area contributed by atoms with Crippen LogP contribution in [0.4, 0.5) is 0 Å². The van der Waals surface area contributed by atoms with Gasteiger partial charge in [0.2, 0.25) is 0 Å². The number of hydrogen-bond acceptors (Lipinski definition) is 4. The van der Waals surface area contributed by atoms with E-state index in [1.807, 2.05) is 0 Å². The molecule has 0 saturated carbocycles. The largest absolute Gasteiger partial charge is 0.474 e. The van der Waals surface area contributed by atoms with Crippen molar-refractivity contribution in [1.29, 1.82) is 0 Å². The van der Waals surface area contributed by atoms with Crippen LogP contribution in [0.25, 0.3) is 0 Å². The number of benzene rings is 1. The summed E-state index contributed by atoms with van der Waals surface area (Å²) in [6, 6.07) is 6.82. The molecule has 0 aliphatic carbocycles. The molecule has 1 aromatic rings. The Kier molecular flexibility index (Phi) is 13.4. The van der Waals surface area contributed by atoms with E-state index < -0.39 is 17.6 Å². The van der Waals surface area contributed by atoms with Crippen molar-refractivity contribution in [3.05, 3.63) is 35.4 Å². The summed E-state index contributed by atoms with van der Waals surface area (Å²) in [5.74, 6) is -2.71. The van der Waals surface area contributed by atoms with Crippen molar-refractivity contribution in [3.63, 3.8) is 0 Å². The van der Waals surface area contributed by atoms with Crippen molar-refractivity contribution >= 4 is 17.8 Å². The van der Waals surface area contributed by atoms with Gasteiger partial charge in [-0.05, 0) is 38.0 Å². The first kappa shape index (κ1) is 28.6. The molecule has 0 aromatic heterocycles. The molecule has 7 nitrogen and oxygen atoms in total. The monoisotopic (exact) mass is 462 g/mol. The quantitative estimate of drug-likeness (QED) is 0.202. The molecule has 1 rings (SSSR count). The highest BCUT2D eigenvalue weighted by molar-refractivity contribution is 6.31. The second-order valence-electron chi connectivity index (χ2n) is 8.98. The third-order valence-electron chi connectivity index (χ3n) is 5.95. The van der Waals surface area contributed by atoms with Crippen LogP contribution in [-0.4, -0.2) is 47.2 Å². The lowest BCUT2D eigenvalue weighted by molar-refractivity contribution is -0.174. The first-order valence-electron chi connectivity index (χ1n) is 12.2. The number of amides is 2. The maximum Gasteiger partial charge on any atom is 0.394 e. The molecule has 0 spiro atoms. The summed E-state index contributed by atoms with van der Waals surface area (Å²) in [5.41, 5.74) is 0.162. The second-order valence-corrected chi connectivity index (χ2v) is 8.98. The van der Waals surface area contributed by atoms with Crippen LogP contribution in [0.3, 0.4) is 0 Å². The van der Waals surface area contributed by atoms with Gasteiger partial charge in [-0.1, -0.05) is 76.8 Å². The topological polar surface area (TPSA) is 95.9 Å². The number of nitrogens with one attached hydrogen (secondary N) is 1. The molecule has 0 fully saturated rings. The van der Waals surface area contributed by atoms with Gasteiger partial charge in [-0.25, -0.2) is 4.79 Å². The van der Waals surface area contributed by atoms with Gasteiger partial charge in [0.1, 0.15) is 5.72 Å². The number of carbonyl (C=O) groups excluding carboxylic acids is 2. The number of unbranched alkanes of at least 4 members (excludes halogenated alkanes) is 9. The molecule has 0 unspecified atom stereocenters. The number of carboxylic acid groups (broad SMARTS) is 1. The van der Waals surface area contributed by atoms with Crippen molar-refractivity contribution in [2.45, 2.75) is 97.2 Å². The predicted molar refractivity (Wildman–Crippen MR) is 130 cm³/mol. The molecule has 0 radical (unpaired) electrons. The Labute approximate surface area is 198 Å². The van der Waals surface area contributed by atoms with E-state index >= 15 is 0 Å². The fourth-order valence-electron chi connectivity index (χ4n) is 3.59. The van der Waals surface area contributed by atoms with Gasteiger partial charge in [0.25, 0.3) is 5.91 Å². The first-order chi connectivity index (χ1) is 15.7. The zero-order valence-corrected chi connectivity index (χ0v) is 20.8. The molecule has 0 saturated heterocycles. The average molecular weight is 463 g/mol. The van der Waals surface area contributed by atoms with Crippen LogP contribution in [0.2, 0.25) is 0 Å². The third kappa shape index (κ3) is 10.8. The van der Waals surface area contributed by atoms with E-state index in [4.69, 9.17) is 9.84 Å². The SMILES string of the molecule is CCCCCCCCCCCCNC(=O)c1ccc(CN(C(=O)C(=O)O)C(C)(C)OC)cc1.